The number of nitrogens with one attached hydrogen (secondary N) is 1. The summed E-state index contributed by atoms with van der Waals surface area (Å²) in [5, 5.41) is 12.2. The summed E-state index contributed by atoms with van der Waals surface area (Å²) in [5.74, 6) is -0.0147. The van der Waals surface area contributed by atoms with Crippen LogP contribution in [-0.4, -0.2) is 41.1 Å². The quantitative estimate of drug-likeness (QED) is 0.798. The van der Waals surface area contributed by atoms with Crippen LogP contribution < -0.4 is 5.32 Å². The van der Waals surface area contributed by atoms with Crippen molar-refractivity contribution in [1.82, 2.24) is 10.2 Å². The second-order valence-electron chi connectivity index (χ2n) is 5.55. The maximum absolute atomic E-state index is 12.3. The van der Waals surface area contributed by atoms with Gasteiger partial charge in [-0.05, 0) is 43.6 Å². The van der Waals surface area contributed by atoms with Crippen LogP contribution >= 0.6 is 0 Å². The number of carbonyl (C=O) groups excluding carboxylic acids is 1. The van der Waals surface area contributed by atoms with Crippen LogP contribution in [0.15, 0.2) is 24.3 Å². The molecule has 20 heavy (non-hydrogen) atoms. The Labute approximate surface area is 120 Å². The molecule has 0 spiro atoms. The fourth-order valence-electron chi connectivity index (χ4n) is 2.42. The van der Waals surface area contributed by atoms with Crippen molar-refractivity contribution in [1.29, 1.82) is 0 Å². The third-order valence-electron chi connectivity index (χ3n) is 4.05. The molecule has 0 radical (unpaired) electrons. The minimum atomic E-state index is -0.0290. The Morgan fingerprint density at radius 3 is 2.30 bits per heavy atom. The standard InChI is InChI=1S/C16H24N2O2/c1-3-18(4-2)12-16(9-10-16)17-15(20)14-7-5-13(11-19)6-8-14/h5-8,19H,3-4,9-12H2,1-2H3,(H,17,20). The van der Waals surface area contributed by atoms with Crippen LogP contribution in [0, 0.1) is 0 Å². The topological polar surface area (TPSA) is 52.6 Å². The normalized spacial score (nSPS) is 16.2. The number of hydrogen-bond acceptors (Lipinski definition) is 3. The Morgan fingerprint density at radius 2 is 1.85 bits per heavy atom. The number of amides is 1. The summed E-state index contributed by atoms with van der Waals surface area (Å²) in [6.07, 6.45) is 2.12. The van der Waals surface area contributed by atoms with Crippen LogP contribution in [0.1, 0.15) is 42.6 Å². The van der Waals surface area contributed by atoms with Crippen LogP contribution in [0.3, 0.4) is 0 Å². The SMILES string of the molecule is CCN(CC)CC1(NC(=O)c2ccc(CO)cc2)CC1. The molecule has 1 aromatic rings. The number of aliphatic hydroxyl groups is 1. The summed E-state index contributed by atoms with van der Waals surface area (Å²) in [7, 11) is 0. The van der Waals surface area contributed by atoms with Gasteiger partial charge in [-0.2, -0.15) is 0 Å². The smallest absolute Gasteiger partial charge is 0.251 e. The van der Waals surface area contributed by atoms with E-state index in [4.69, 9.17) is 5.11 Å². The Kier molecular flexibility index (Phi) is 4.78. The lowest BCUT2D eigenvalue weighted by Gasteiger charge is -2.26. The zero-order valence-corrected chi connectivity index (χ0v) is 12.4. The summed E-state index contributed by atoms with van der Waals surface area (Å²) in [6, 6.07) is 7.13. The van der Waals surface area contributed by atoms with E-state index in [9.17, 15) is 4.79 Å². The summed E-state index contributed by atoms with van der Waals surface area (Å²) in [6.45, 7) is 7.26. The predicted octanol–water partition coefficient (Wildman–Crippen LogP) is 1.78. The molecule has 1 amide bonds. The minimum Gasteiger partial charge on any atom is -0.392 e. The van der Waals surface area contributed by atoms with E-state index in [1.54, 1.807) is 24.3 Å². The third-order valence-corrected chi connectivity index (χ3v) is 4.05. The van der Waals surface area contributed by atoms with Crippen LogP contribution in [0.2, 0.25) is 0 Å². The molecule has 4 nitrogen and oxygen atoms in total. The van der Waals surface area contributed by atoms with Gasteiger partial charge in [0, 0.05) is 12.1 Å². The molecule has 1 saturated carbocycles. The molecule has 0 saturated heterocycles. The molecule has 0 unspecified atom stereocenters. The molecule has 0 heterocycles. The number of rotatable bonds is 7. The van der Waals surface area contributed by atoms with Gasteiger partial charge >= 0.3 is 0 Å². The van der Waals surface area contributed by atoms with Gasteiger partial charge in [0.2, 0.25) is 0 Å². The molecular formula is C16H24N2O2. The largest absolute Gasteiger partial charge is 0.392 e. The van der Waals surface area contributed by atoms with Crippen molar-refractivity contribution in [3.63, 3.8) is 0 Å². The summed E-state index contributed by atoms with van der Waals surface area (Å²) in [5.41, 5.74) is 1.46. The van der Waals surface area contributed by atoms with E-state index in [0.717, 1.165) is 38.0 Å². The molecule has 1 aromatic carbocycles. The fourth-order valence-corrected chi connectivity index (χ4v) is 2.42. The maximum Gasteiger partial charge on any atom is 0.251 e. The van der Waals surface area contributed by atoms with Gasteiger partial charge in [0.15, 0.2) is 0 Å². The van der Waals surface area contributed by atoms with Crippen molar-refractivity contribution in [2.24, 2.45) is 0 Å². The van der Waals surface area contributed by atoms with Gasteiger partial charge < -0.3 is 15.3 Å². The lowest BCUT2D eigenvalue weighted by molar-refractivity contribution is 0.0918. The fraction of sp³-hybridized carbons (Fsp3) is 0.562. The van der Waals surface area contributed by atoms with E-state index < -0.39 is 0 Å². The molecule has 2 rings (SSSR count). The molecule has 0 atom stereocenters. The second-order valence-corrected chi connectivity index (χ2v) is 5.55. The van der Waals surface area contributed by atoms with Crippen LogP contribution in [0.4, 0.5) is 0 Å². The van der Waals surface area contributed by atoms with Gasteiger partial charge in [-0.1, -0.05) is 26.0 Å². The van der Waals surface area contributed by atoms with Gasteiger partial charge in [-0.15, -0.1) is 0 Å². The van der Waals surface area contributed by atoms with Crippen molar-refractivity contribution in [3.05, 3.63) is 35.4 Å². The molecule has 1 aliphatic rings. The average Bonchev–Trinajstić information content (AvgIpc) is 3.24. The average molecular weight is 276 g/mol. The van der Waals surface area contributed by atoms with Crippen molar-refractivity contribution in [2.75, 3.05) is 19.6 Å². The molecule has 110 valence electrons. The Morgan fingerprint density at radius 1 is 1.25 bits per heavy atom. The van der Waals surface area contributed by atoms with Crippen LogP contribution in [0.5, 0.6) is 0 Å². The van der Waals surface area contributed by atoms with Gasteiger partial charge in [-0.3, -0.25) is 4.79 Å². The van der Waals surface area contributed by atoms with Crippen LogP contribution in [-0.2, 0) is 6.61 Å². The van der Waals surface area contributed by atoms with Crippen molar-refractivity contribution < 1.29 is 9.90 Å². The Balaban J connectivity index is 1.96. The Bertz CT molecular complexity index is 448. The minimum absolute atomic E-state index is 0.00773. The van der Waals surface area contributed by atoms with E-state index in [0.29, 0.717) is 5.56 Å². The van der Waals surface area contributed by atoms with E-state index in [-0.39, 0.29) is 18.1 Å². The molecule has 1 aliphatic carbocycles. The number of nitrogens with zero attached hydrogens (tertiary/aromatic N) is 1. The van der Waals surface area contributed by atoms with Gasteiger partial charge in [-0.25, -0.2) is 0 Å². The second kappa shape index (κ2) is 6.37. The lowest BCUT2D eigenvalue weighted by Crippen LogP contribution is -2.45. The van der Waals surface area contributed by atoms with E-state index in [1.807, 2.05) is 0 Å². The van der Waals surface area contributed by atoms with Crippen LogP contribution in [0.25, 0.3) is 0 Å². The first-order valence-corrected chi connectivity index (χ1v) is 7.37. The zero-order chi connectivity index (χ0) is 14.6. The highest BCUT2D eigenvalue weighted by atomic mass is 16.3. The van der Waals surface area contributed by atoms with E-state index >= 15 is 0 Å². The highest BCUT2D eigenvalue weighted by Crippen LogP contribution is 2.36. The zero-order valence-electron chi connectivity index (χ0n) is 12.4. The number of aliphatic hydroxyl groups excluding tert-OH is 1. The molecule has 0 bridgehead atoms. The van der Waals surface area contributed by atoms with Crippen molar-refractivity contribution in [3.8, 4) is 0 Å². The number of hydrogen-bond donors (Lipinski definition) is 2. The number of carbonyl (C=O) groups is 1. The number of likely N-dealkylation sites (N-methyl/N-ethyl adjacent to an activating group) is 1. The Hall–Kier alpha value is -1.39. The highest BCUT2D eigenvalue weighted by molar-refractivity contribution is 5.95. The first-order chi connectivity index (χ1) is 9.62. The van der Waals surface area contributed by atoms with Crippen molar-refractivity contribution in [2.45, 2.75) is 38.8 Å². The summed E-state index contributed by atoms with van der Waals surface area (Å²) in [4.78, 5) is 14.6. The predicted molar refractivity (Wildman–Crippen MR) is 79.6 cm³/mol. The third kappa shape index (κ3) is 3.58. The van der Waals surface area contributed by atoms with E-state index in [1.165, 1.54) is 0 Å². The molecule has 0 aromatic heterocycles. The highest BCUT2D eigenvalue weighted by Gasteiger charge is 2.44. The summed E-state index contributed by atoms with van der Waals surface area (Å²) < 4.78 is 0. The van der Waals surface area contributed by atoms with Gasteiger partial charge in [0.1, 0.15) is 0 Å². The van der Waals surface area contributed by atoms with Gasteiger partial charge in [0.25, 0.3) is 5.91 Å². The molecule has 4 heteroatoms. The maximum atomic E-state index is 12.3. The first-order valence-electron chi connectivity index (χ1n) is 7.37. The summed E-state index contributed by atoms with van der Waals surface area (Å²) >= 11 is 0. The van der Waals surface area contributed by atoms with Crippen molar-refractivity contribution >= 4 is 5.91 Å². The number of benzene rings is 1. The molecule has 2 N–H and O–H groups in total. The molecule has 1 fully saturated rings. The molecule has 0 aliphatic heterocycles. The monoisotopic (exact) mass is 276 g/mol. The van der Waals surface area contributed by atoms with E-state index in [2.05, 4.69) is 24.1 Å². The first kappa shape index (κ1) is 15.0. The lowest BCUT2D eigenvalue weighted by atomic mass is 10.1. The molecular weight excluding hydrogens is 252 g/mol. The van der Waals surface area contributed by atoms with Gasteiger partial charge in [0.05, 0.1) is 12.1 Å².